The van der Waals surface area contributed by atoms with Gasteiger partial charge in [0.25, 0.3) is 0 Å². The summed E-state index contributed by atoms with van der Waals surface area (Å²) < 4.78 is 11.5. The number of para-hydroxylation sites is 2. The van der Waals surface area contributed by atoms with Crippen molar-refractivity contribution < 1.29 is 19.1 Å². The molecule has 326 valence electrons. The summed E-state index contributed by atoms with van der Waals surface area (Å²) in [5, 5.41) is 14.2. The normalized spacial score (nSPS) is 13.2. The molecule has 0 unspecified atom stereocenters. The Hall–Kier alpha value is -8.24. The van der Waals surface area contributed by atoms with Gasteiger partial charge in [-0.2, -0.15) is 10.2 Å². The first-order chi connectivity index (χ1) is 32.6. The number of fused-ring (bicyclic) bond motifs is 6. The molecule has 0 fully saturated rings. The summed E-state index contributed by atoms with van der Waals surface area (Å²) in [7, 11) is 0. The SMILES string of the molecule is O=C(OCCCCCCCCOC(=O)c1ccc2c(c1)-c1ccccc1/C2=N\N(c1ccccc1)c1ccc[nH]1)c1ccc2c(c1)-c1ccccc1/C2=N\N(c1ccccc1)c1ccc[nH]1. The lowest BCUT2D eigenvalue weighted by molar-refractivity contribution is 0.0484. The van der Waals surface area contributed by atoms with Crippen LogP contribution < -0.4 is 10.0 Å². The zero-order valence-electron chi connectivity index (χ0n) is 36.4. The molecular formula is C56H48N6O4. The average Bonchev–Trinajstić information content (AvgIpc) is 4.21. The third-order valence-corrected chi connectivity index (χ3v) is 12.0. The van der Waals surface area contributed by atoms with Gasteiger partial charge in [0.1, 0.15) is 11.6 Å². The van der Waals surface area contributed by atoms with Crippen molar-refractivity contribution >= 4 is 46.4 Å². The maximum atomic E-state index is 13.3. The topological polar surface area (TPSA) is 115 Å². The highest BCUT2D eigenvalue weighted by molar-refractivity contribution is 6.26. The van der Waals surface area contributed by atoms with Crippen LogP contribution in [0.5, 0.6) is 0 Å². The van der Waals surface area contributed by atoms with Crippen LogP contribution in [-0.4, -0.2) is 46.5 Å². The van der Waals surface area contributed by atoms with Gasteiger partial charge in [0.15, 0.2) is 0 Å². The van der Waals surface area contributed by atoms with Gasteiger partial charge in [-0.3, -0.25) is 0 Å². The van der Waals surface area contributed by atoms with E-state index in [2.05, 4.69) is 34.2 Å². The Morgan fingerprint density at radius 3 is 1.18 bits per heavy atom. The molecule has 10 nitrogen and oxygen atoms in total. The quantitative estimate of drug-likeness (QED) is 0.0535. The number of benzene rings is 6. The first-order valence-corrected chi connectivity index (χ1v) is 22.6. The second-order valence-electron chi connectivity index (χ2n) is 16.3. The molecule has 2 aliphatic carbocycles. The van der Waals surface area contributed by atoms with Gasteiger partial charge >= 0.3 is 11.9 Å². The van der Waals surface area contributed by atoms with Crippen molar-refractivity contribution in [3.05, 3.63) is 216 Å². The maximum Gasteiger partial charge on any atom is 0.338 e. The largest absolute Gasteiger partial charge is 0.462 e. The number of nitrogens with zero attached hydrogens (tertiary/aromatic N) is 4. The van der Waals surface area contributed by atoms with Gasteiger partial charge in [0.05, 0.1) is 47.1 Å². The van der Waals surface area contributed by atoms with Crippen LogP contribution in [0.25, 0.3) is 22.3 Å². The fourth-order valence-electron chi connectivity index (χ4n) is 8.71. The highest BCUT2D eigenvalue weighted by atomic mass is 16.5. The predicted octanol–water partition coefficient (Wildman–Crippen LogP) is 12.8. The van der Waals surface area contributed by atoms with E-state index in [0.717, 1.165) is 117 Å². The number of carbonyl (C=O) groups excluding carboxylic acids is 2. The molecule has 0 bridgehead atoms. The van der Waals surface area contributed by atoms with Crippen molar-refractivity contribution in [3.63, 3.8) is 0 Å². The van der Waals surface area contributed by atoms with E-state index in [1.165, 1.54) is 0 Å². The lowest BCUT2D eigenvalue weighted by Crippen LogP contribution is -2.14. The van der Waals surface area contributed by atoms with Gasteiger partial charge in [0, 0.05) is 34.6 Å². The third-order valence-electron chi connectivity index (χ3n) is 12.0. The van der Waals surface area contributed by atoms with Crippen LogP contribution in [0.4, 0.5) is 23.0 Å². The Morgan fingerprint density at radius 2 is 0.773 bits per heavy atom. The molecule has 10 heteroatoms. The van der Waals surface area contributed by atoms with Crippen LogP contribution >= 0.6 is 0 Å². The van der Waals surface area contributed by atoms with Crippen molar-refractivity contribution in [1.29, 1.82) is 0 Å². The first kappa shape index (κ1) is 41.8. The summed E-state index contributed by atoms with van der Waals surface area (Å²) in [4.78, 5) is 33.1. The molecule has 0 spiro atoms. The van der Waals surface area contributed by atoms with Crippen molar-refractivity contribution in [3.8, 4) is 22.3 Å². The van der Waals surface area contributed by atoms with Gasteiger partial charge in [-0.1, -0.05) is 123 Å². The van der Waals surface area contributed by atoms with Crippen molar-refractivity contribution in [2.45, 2.75) is 38.5 Å². The average molecular weight is 869 g/mol. The molecule has 6 aromatic carbocycles. The summed E-state index contributed by atoms with van der Waals surface area (Å²) >= 11 is 0. The second kappa shape index (κ2) is 19.2. The molecule has 2 aromatic heterocycles. The van der Waals surface area contributed by atoms with Gasteiger partial charge < -0.3 is 19.4 Å². The van der Waals surface area contributed by atoms with E-state index in [-0.39, 0.29) is 11.9 Å². The Labute approximate surface area is 383 Å². The number of hydrazone groups is 2. The molecular weight excluding hydrogens is 821 g/mol. The standard InChI is InChI=1S/C56H48N6O4/c63-55(39-29-31-47-49(37-39)43-23-11-13-25-45(43)53(47)59-61(51-27-17-33-57-51)41-19-7-5-8-20-41)65-35-15-3-1-2-4-16-36-66-56(64)40-30-32-48-50(38-40)44-24-12-14-26-46(44)54(48)60-62(52-28-18-34-58-52)42-21-9-6-10-22-42/h5-14,17-34,37-38,57-58H,1-4,15-16,35-36H2/b59-53+,60-54+. The molecule has 8 aromatic rings. The predicted molar refractivity (Wildman–Crippen MR) is 262 cm³/mol. The highest BCUT2D eigenvalue weighted by Gasteiger charge is 2.29. The molecule has 2 N–H and O–H groups in total. The van der Waals surface area contributed by atoms with Crippen LogP contribution in [0.3, 0.4) is 0 Å². The van der Waals surface area contributed by atoms with Gasteiger partial charge in [-0.15, -0.1) is 0 Å². The third kappa shape index (κ3) is 8.68. The van der Waals surface area contributed by atoms with Gasteiger partial charge in [0.2, 0.25) is 0 Å². The number of anilines is 4. The van der Waals surface area contributed by atoms with Gasteiger partial charge in [-0.25, -0.2) is 19.6 Å². The molecule has 0 aliphatic heterocycles. The van der Waals surface area contributed by atoms with Crippen molar-refractivity contribution in [1.82, 2.24) is 9.97 Å². The number of carbonyl (C=O) groups is 2. The molecule has 0 radical (unpaired) electrons. The summed E-state index contributed by atoms with van der Waals surface area (Å²) in [6.45, 7) is 0.714. The number of nitrogens with one attached hydrogen (secondary N) is 2. The Bertz CT molecular complexity index is 2830. The van der Waals surface area contributed by atoms with E-state index >= 15 is 0 Å². The summed E-state index contributed by atoms with van der Waals surface area (Å²) in [5.74, 6) is 1.04. The second-order valence-corrected chi connectivity index (χ2v) is 16.3. The molecule has 0 amide bonds. The molecule has 2 aliphatic rings. The zero-order valence-corrected chi connectivity index (χ0v) is 36.4. The van der Waals surface area contributed by atoms with E-state index in [4.69, 9.17) is 19.7 Å². The fraction of sp³-hybridized carbons (Fsp3) is 0.143. The van der Waals surface area contributed by atoms with Crippen LogP contribution in [0.2, 0.25) is 0 Å². The summed E-state index contributed by atoms with van der Waals surface area (Å²) in [5.41, 5.74) is 12.5. The van der Waals surface area contributed by atoms with Crippen LogP contribution in [0.15, 0.2) is 192 Å². The Morgan fingerprint density at radius 1 is 0.394 bits per heavy atom. The zero-order chi connectivity index (χ0) is 44.7. The lowest BCUT2D eigenvalue weighted by atomic mass is 10.0. The van der Waals surface area contributed by atoms with E-state index in [1.54, 1.807) is 0 Å². The number of unbranched alkanes of at least 4 members (excludes halogenated alkanes) is 5. The number of H-pyrrole nitrogens is 2. The molecule has 0 atom stereocenters. The van der Waals surface area contributed by atoms with E-state index in [0.29, 0.717) is 24.3 Å². The number of hydrogen-bond acceptors (Lipinski definition) is 8. The van der Waals surface area contributed by atoms with E-state index in [1.807, 2.05) is 168 Å². The van der Waals surface area contributed by atoms with E-state index < -0.39 is 0 Å². The molecule has 0 saturated carbocycles. The molecule has 0 saturated heterocycles. The van der Waals surface area contributed by atoms with Crippen LogP contribution in [-0.2, 0) is 9.47 Å². The summed E-state index contributed by atoms with van der Waals surface area (Å²) in [6, 6.07) is 55.8. The van der Waals surface area contributed by atoms with Gasteiger partial charge in [-0.05, 0) is 108 Å². The Balaban J connectivity index is 0.692. The highest BCUT2D eigenvalue weighted by Crippen LogP contribution is 2.41. The maximum absolute atomic E-state index is 13.3. The number of hydrogen-bond donors (Lipinski definition) is 2. The smallest absolute Gasteiger partial charge is 0.338 e. The number of ether oxygens (including phenoxy) is 2. The monoisotopic (exact) mass is 868 g/mol. The lowest BCUT2D eigenvalue weighted by Gasteiger charge is -2.19. The number of esters is 2. The minimum Gasteiger partial charge on any atom is -0.462 e. The van der Waals surface area contributed by atoms with Crippen LogP contribution in [0.1, 0.15) is 81.5 Å². The summed E-state index contributed by atoms with van der Waals surface area (Å²) in [6.07, 6.45) is 9.23. The van der Waals surface area contributed by atoms with Crippen LogP contribution in [0, 0.1) is 0 Å². The molecule has 66 heavy (non-hydrogen) atoms. The van der Waals surface area contributed by atoms with Crippen molar-refractivity contribution in [2.24, 2.45) is 10.2 Å². The molecule has 2 heterocycles. The minimum atomic E-state index is -0.330. The number of aromatic nitrogens is 2. The fourth-order valence-corrected chi connectivity index (χ4v) is 8.71. The number of aromatic amines is 2. The minimum absolute atomic E-state index is 0.330. The number of rotatable bonds is 17. The Kier molecular flexibility index (Phi) is 12.2. The first-order valence-electron chi connectivity index (χ1n) is 22.6. The van der Waals surface area contributed by atoms with E-state index in [9.17, 15) is 9.59 Å². The van der Waals surface area contributed by atoms with Crippen molar-refractivity contribution in [2.75, 3.05) is 23.2 Å². The molecule has 10 rings (SSSR count).